The molecule has 0 fully saturated rings. The minimum absolute atomic E-state index is 0.274. The van der Waals surface area contributed by atoms with E-state index in [4.69, 9.17) is 26.2 Å². The van der Waals surface area contributed by atoms with E-state index in [-0.39, 0.29) is 5.75 Å². The highest BCUT2D eigenvalue weighted by Gasteiger charge is 2.17. The summed E-state index contributed by atoms with van der Waals surface area (Å²) in [6, 6.07) is 3.12. The van der Waals surface area contributed by atoms with Gasteiger partial charge in [-0.15, -0.1) is 0 Å². The predicted octanol–water partition coefficient (Wildman–Crippen LogP) is 1.29. The highest BCUT2D eigenvalue weighted by molar-refractivity contribution is 7.88. The molecular weight excluding hydrogens is 266 g/mol. The highest BCUT2D eigenvalue weighted by Crippen LogP contribution is 2.38. The molecule has 0 saturated heterocycles. The largest absolute Gasteiger partial charge is 0.489 e. The standard InChI is InChI=1S/C10H12ClNO4S/c11-8-4-7(6-17(12,13)14)5-9-10(8)16-3-1-2-15-9/h4-5H,1-3,6H2,(H2,12,13,14). The Morgan fingerprint density at radius 1 is 1.29 bits per heavy atom. The van der Waals surface area contributed by atoms with Crippen molar-refractivity contribution in [2.45, 2.75) is 12.2 Å². The van der Waals surface area contributed by atoms with Gasteiger partial charge in [0, 0.05) is 6.42 Å². The van der Waals surface area contributed by atoms with Gasteiger partial charge in [0.1, 0.15) is 0 Å². The van der Waals surface area contributed by atoms with Gasteiger partial charge in [-0.25, -0.2) is 13.6 Å². The van der Waals surface area contributed by atoms with E-state index in [9.17, 15) is 8.42 Å². The highest BCUT2D eigenvalue weighted by atomic mass is 35.5. The lowest BCUT2D eigenvalue weighted by Gasteiger charge is -2.10. The van der Waals surface area contributed by atoms with E-state index in [2.05, 4.69) is 0 Å². The van der Waals surface area contributed by atoms with Crippen molar-refractivity contribution in [2.24, 2.45) is 5.14 Å². The molecule has 0 unspecified atom stereocenters. The van der Waals surface area contributed by atoms with Crippen LogP contribution in [0.4, 0.5) is 0 Å². The summed E-state index contributed by atoms with van der Waals surface area (Å²) >= 11 is 6.01. The number of ether oxygens (including phenoxy) is 2. The van der Waals surface area contributed by atoms with Crippen LogP contribution >= 0.6 is 11.6 Å². The van der Waals surface area contributed by atoms with Gasteiger partial charge >= 0.3 is 0 Å². The zero-order valence-corrected chi connectivity index (χ0v) is 10.6. The molecule has 0 aromatic heterocycles. The van der Waals surface area contributed by atoms with Crippen molar-refractivity contribution in [1.82, 2.24) is 0 Å². The molecule has 7 heteroatoms. The number of hydrogen-bond acceptors (Lipinski definition) is 4. The number of sulfonamides is 1. The molecule has 5 nitrogen and oxygen atoms in total. The molecule has 0 aliphatic carbocycles. The number of hydrogen-bond donors (Lipinski definition) is 1. The maximum absolute atomic E-state index is 11.0. The van der Waals surface area contributed by atoms with Crippen molar-refractivity contribution < 1.29 is 17.9 Å². The fourth-order valence-electron chi connectivity index (χ4n) is 1.60. The maximum atomic E-state index is 11.0. The molecule has 0 saturated carbocycles. The summed E-state index contributed by atoms with van der Waals surface area (Å²) in [5.74, 6) is 0.652. The van der Waals surface area contributed by atoms with Crippen LogP contribution in [0.5, 0.6) is 11.5 Å². The van der Waals surface area contributed by atoms with E-state index < -0.39 is 10.0 Å². The smallest absolute Gasteiger partial charge is 0.213 e. The normalized spacial score (nSPS) is 15.4. The number of halogens is 1. The minimum atomic E-state index is -3.58. The molecule has 94 valence electrons. The topological polar surface area (TPSA) is 78.6 Å². The number of fused-ring (bicyclic) bond motifs is 1. The van der Waals surface area contributed by atoms with E-state index in [1.807, 2.05) is 0 Å². The fraction of sp³-hybridized carbons (Fsp3) is 0.400. The predicted molar refractivity (Wildman–Crippen MR) is 63.9 cm³/mol. The molecule has 0 radical (unpaired) electrons. The average molecular weight is 278 g/mol. The quantitative estimate of drug-likeness (QED) is 0.883. The first kappa shape index (κ1) is 12.5. The van der Waals surface area contributed by atoms with Crippen LogP contribution < -0.4 is 14.6 Å². The van der Waals surface area contributed by atoms with Gasteiger partial charge in [0.2, 0.25) is 10.0 Å². The van der Waals surface area contributed by atoms with Crippen molar-refractivity contribution in [1.29, 1.82) is 0 Å². The average Bonchev–Trinajstić information content (AvgIpc) is 2.40. The van der Waals surface area contributed by atoms with E-state index in [1.54, 1.807) is 6.07 Å². The Bertz CT molecular complexity index is 529. The molecular formula is C10H12ClNO4S. The van der Waals surface area contributed by atoms with Crippen LogP contribution in [0.3, 0.4) is 0 Å². The molecule has 2 N–H and O–H groups in total. The Hall–Kier alpha value is -0.980. The molecule has 0 atom stereocenters. The van der Waals surface area contributed by atoms with E-state index in [1.165, 1.54) is 6.07 Å². The van der Waals surface area contributed by atoms with Crippen LogP contribution in [0.15, 0.2) is 12.1 Å². The molecule has 0 bridgehead atoms. The van der Waals surface area contributed by atoms with Crippen LogP contribution in [0.2, 0.25) is 5.02 Å². The molecule has 1 aromatic carbocycles. The van der Waals surface area contributed by atoms with Crippen LogP contribution in [0.25, 0.3) is 0 Å². The first-order valence-electron chi connectivity index (χ1n) is 5.04. The Kier molecular flexibility index (Phi) is 3.46. The molecule has 0 spiro atoms. The molecule has 1 aromatic rings. The lowest BCUT2D eigenvalue weighted by Crippen LogP contribution is -2.14. The van der Waals surface area contributed by atoms with Crippen LogP contribution in [-0.2, 0) is 15.8 Å². The molecule has 17 heavy (non-hydrogen) atoms. The summed E-state index contributed by atoms with van der Waals surface area (Å²) in [5, 5.41) is 5.32. The Balaban J connectivity index is 2.39. The lowest BCUT2D eigenvalue weighted by molar-refractivity contribution is 0.297. The van der Waals surface area contributed by atoms with Crippen molar-refractivity contribution in [3.63, 3.8) is 0 Å². The molecule has 0 amide bonds. The minimum Gasteiger partial charge on any atom is -0.489 e. The zero-order chi connectivity index (χ0) is 12.5. The second-order valence-corrected chi connectivity index (χ2v) is 5.78. The number of benzene rings is 1. The van der Waals surface area contributed by atoms with Gasteiger partial charge < -0.3 is 9.47 Å². The van der Waals surface area contributed by atoms with Crippen molar-refractivity contribution in [2.75, 3.05) is 13.2 Å². The van der Waals surface area contributed by atoms with E-state index in [0.717, 1.165) is 6.42 Å². The van der Waals surface area contributed by atoms with Crippen molar-refractivity contribution in [3.05, 3.63) is 22.7 Å². The van der Waals surface area contributed by atoms with Gasteiger partial charge in [0.25, 0.3) is 0 Å². The summed E-state index contributed by atoms with van der Waals surface area (Å²) in [6.07, 6.45) is 0.759. The number of rotatable bonds is 2. The van der Waals surface area contributed by atoms with Crippen molar-refractivity contribution >= 4 is 21.6 Å². The lowest BCUT2D eigenvalue weighted by atomic mass is 10.2. The monoisotopic (exact) mass is 277 g/mol. The molecule has 1 aliphatic rings. The molecule has 1 aliphatic heterocycles. The first-order chi connectivity index (χ1) is 7.96. The Morgan fingerprint density at radius 3 is 2.71 bits per heavy atom. The van der Waals surface area contributed by atoms with Crippen LogP contribution in [0.1, 0.15) is 12.0 Å². The van der Waals surface area contributed by atoms with Gasteiger partial charge in [-0.1, -0.05) is 11.6 Å². The summed E-state index contributed by atoms with van der Waals surface area (Å²) in [6.45, 7) is 1.05. The summed E-state index contributed by atoms with van der Waals surface area (Å²) in [4.78, 5) is 0. The second-order valence-electron chi connectivity index (χ2n) is 3.76. The van der Waals surface area contributed by atoms with Gasteiger partial charge in [-0.2, -0.15) is 0 Å². The van der Waals surface area contributed by atoms with E-state index in [0.29, 0.717) is 35.3 Å². The second kappa shape index (κ2) is 4.72. The summed E-state index contributed by atoms with van der Waals surface area (Å²) < 4.78 is 32.9. The summed E-state index contributed by atoms with van der Waals surface area (Å²) in [5.41, 5.74) is 0.488. The third-order valence-electron chi connectivity index (χ3n) is 2.23. The number of nitrogens with two attached hydrogens (primary N) is 1. The van der Waals surface area contributed by atoms with Gasteiger partial charge in [-0.05, 0) is 17.7 Å². The molecule has 2 rings (SSSR count). The van der Waals surface area contributed by atoms with Crippen LogP contribution in [-0.4, -0.2) is 21.6 Å². The Labute approximate surface area is 105 Å². The maximum Gasteiger partial charge on any atom is 0.213 e. The van der Waals surface area contributed by atoms with Crippen molar-refractivity contribution in [3.8, 4) is 11.5 Å². The Morgan fingerprint density at radius 2 is 2.00 bits per heavy atom. The summed E-state index contributed by atoms with van der Waals surface area (Å²) in [7, 11) is -3.58. The zero-order valence-electron chi connectivity index (χ0n) is 8.98. The fourth-order valence-corrected chi connectivity index (χ4v) is 2.52. The SMILES string of the molecule is NS(=O)(=O)Cc1cc(Cl)c2c(c1)OCCCO2. The first-order valence-corrected chi connectivity index (χ1v) is 7.13. The van der Waals surface area contributed by atoms with Crippen LogP contribution in [0, 0.1) is 0 Å². The van der Waals surface area contributed by atoms with E-state index >= 15 is 0 Å². The number of primary sulfonamides is 1. The van der Waals surface area contributed by atoms with Gasteiger partial charge in [-0.3, -0.25) is 0 Å². The van der Waals surface area contributed by atoms with Gasteiger partial charge in [0.15, 0.2) is 11.5 Å². The third-order valence-corrected chi connectivity index (χ3v) is 3.25. The van der Waals surface area contributed by atoms with Gasteiger partial charge in [0.05, 0.1) is 24.0 Å². The molecule has 1 heterocycles. The third kappa shape index (κ3) is 3.24.